The number of hydrazine groups is 1. The van der Waals surface area contributed by atoms with E-state index in [0.717, 1.165) is 31.7 Å². The number of methoxy groups -OCH3 is 1. The van der Waals surface area contributed by atoms with Gasteiger partial charge < -0.3 is 10.1 Å². The molecule has 1 aromatic rings. The van der Waals surface area contributed by atoms with Crippen LogP contribution in [0.5, 0.6) is 5.75 Å². The van der Waals surface area contributed by atoms with E-state index >= 15 is 0 Å². The second kappa shape index (κ2) is 7.51. The molecule has 2 unspecified atom stereocenters. The molecule has 2 aliphatic rings. The van der Waals surface area contributed by atoms with Crippen LogP contribution in [0.1, 0.15) is 31.4 Å². The van der Waals surface area contributed by atoms with Crippen LogP contribution in [0.25, 0.3) is 0 Å². The van der Waals surface area contributed by atoms with Crippen molar-refractivity contribution in [1.29, 1.82) is 0 Å². The second-order valence-electron chi connectivity index (χ2n) is 6.91. The zero-order chi connectivity index (χ0) is 17.1. The van der Waals surface area contributed by atoms with Gasteiger partial charge in [-0.25, -0.2) is 0 Å². The highest BCUT2D eigenvalue weighted by atomic mass is 16.5. The molecule has 0 aliphatic carbocycles. The zero-order valence-electron chi connectivity index (χ0n) is 14.8. The summed E-state index contributed by atoms with van der Waals surface area (Å²) in [7, 11) is 1.70. The number of carbonyl (C=O) groups is 1. The van der Waals surface area contributed by atoms with Crippen molar-refractivity contribution >= 4 is 5.91 Å². The number of nitrogens with one attached hydrogen (secondary N) is 3. The summed E-state index contributed by atoms with van der Waals surface area (Å²) in [5.74, 6) is 1.00. The maximum absolute atomic E-state index is 12.5. The van der Waals surface area contributed by atoms with Crippen LogP contribution in [-0.4, -0.2) is 49.1 Å². The third kappa shape index (κ3) is 3.88. The van der Waals surface area contributed by atoms with Crippen LogP contribution < -0.4 is 20.9 Å². The van der Waals surface area contributed by atoms with E-state index in [9.17, 15) is 4.79 Å². The monoisotopic (exact) mass is 332 g/mol. The van der Waals surface area contributed by atoms with E-state index in [1.54, 1.807) is 7.11 Å². The summed E-state index contributed by atoms with van der Waals surface area (Å²) in [4.78, 5) is 14.7. The summed E-state index contributed by atoms with van der Waals surface area (Å²) in [5.41, 5.74) is 8.98. The van der Waals surface area contributed by atoms with E-state index < -0.39 is 0 Å². The largest absolute Gasteiger partial charge is 0.497 e. The lowest BCUT2D eigenvalue weighted by molar-refractivity contribution is -0.123. The molecule has 2 aliphatic heterocycles. The van der Waals surface area contributed by atoms with Crippen molar-refractivity contribution in [2.75, 3.05) is 20.2 Å². The molecule has 1 saturated heterocycles. The number of nitrogens with zero attached hydrogens (tertiary/aromatic N) is 1. The van der Waals surface area contributed by atoms with Gasteiger partial charge in [-0.15, -0.1) is 0 Å². The highest BCUT2D eigenvalue weighted by molar-refractivity contribution is 5.78. The number of hydrogen-bond acceptors (Lipinski definition) is 5. The van der Waals surface area contributed by atoms with Crippen molar-refractivity contribution in [2.24, 2.45) is 0 Å². The Kier molecular flexibility index (Phi) is 5.38. The number of fused-ring (bicyclic) bond motifs is 1. The smallest absolute Gasteiger partial charge is 0.234 e. The Bertz CT molecular complexity index is 582. The van der Waals surface area contributed by atoms with Gasteiger partial charge in [0, 0.05) is 18.6 Å². The molecule has 2 heterocycles. The number of aryl methyl sites for hydroxylation is 1. The lowest BCUT2D eigenvalue weighted by atomic mass is 10.0. The van der Waals surface area contributed by atoms with Gasteiger partial charge in [0.25, 0.3) is 0 Å². The molecule has 6 heteroatoms. The molecule has 0 radical (unpaired) electrons. The minimum Gasteiger partial charge on any atom is -0.497 e. The number of ether oxygens (including phenoxy) is 1. The minimum absolute atomic E-state index is 0.0983. The van der Waals surface area contributed by atoms with Gasteiger partial charge >= 0.3 is 0 Å². The Labute approximate surface area is 143 Å². The number of carbonyl (C=O) groups excluding carboxylic acids is 1. The Morgan fingerprint density at radius 3 is 2.75 bits per heavy atom. The van der Waals surface area contributed by atoms with E-state index in [1.807, 2.05) is 6.07 Å². The molecule has 0 bridgehead atoms. The first-order valence-electron chi connectivity index (χ1n) is 8.75. The molecule has 1 fully saturated rings. The molecule has 24 heavy (non-hydrogen) atoms. The van der Waals surface area contributed by atoms with Crippen LogP contribution in [0.4, 0.5) is 0 Å². The van der Waals surface area contributed by atoms with E-state index in [0.29, 0.717) is 6.54 Å². The van der Waals surface area contributed by atoms with E-state index in [-0.39, 0.29) is 24.0 Å². The highest BCUT2D eigenvalue weighted by Crippen LogP contribution is 2.23. The molecule has 3 N–H and O–H groups in total. The fraction of sp³-hybridized carbons (Fsp3) is 0.611. The first-order chi connectivity index (χ1) is 11.6. The van der Waals surface area contributed by atoms with Crippen LogP contribution >= 0.6 is 0 Å². The van der Waals surface area contributed by atoms with Crippen LogP contribution in [0.2, 0.25) is 0 Å². The summed E-state index contributed by atoms with van der Waals surface area (Å²) in [6.07, 6.45) is 2.10. The van der Waals surface area contributed by atoms with Gasteiger partial charge in [0.2, 0.25) is 5.91 Å². The van der Waals surface area contributed by atoms with E-state index in [4.69, 9.17) is 4.74 Å². The fourth-order valence-electron chi connectivity index (χ4n) is 3.62. The summed E-state index contributed by atoms with van der Waals surface area (Å²) in [6, 6.07) is 6.85. The van der Waals surface area contributed by atoms with Gasteiger partial charge in [0.1, 0.15) is 5.75 Å². The highest BCUT2D eigenvalue weighted by Gasteiger charge is 2.31. The zero-order valence-corrected chi connectivity index (χ0v) is 14.8. The topological polar surface area (TPSA) is 65.6 Å². The lowest BCUT2D eigenvalue weighted by Gasteiger charge is -2.24. The minimum atomic E-state index is 0.0983. The summed E-state index contributed by atoms with van der Waals surface area (Å²) >= 11 is 0. The van der Waals surface area contributed by atoms with Gasteiger partial charge in [0.15, 0.2) is 0 Å². The van der Waals surface area contributed by atoms with Crippen LogP contribution in [0.15, 0.2) is 18.2 Å². The third-order valence-electron chi connectivity index (χ3n) is 5.04. The number of amides is 1. The molecular formula is C18H28N4O2. The van der Waals surface area contributed by atoms with Crippen molar-refractivity contribution in [2.45, 2.75) is 51.4 Å². The Morgan fingerprint density at radius 2 is 2.04 bits per heavy atom. The van der Waals surface area contributed by atoms with E-state index in [1.165, 1.54) is 11.1 Å². The first-order valence-corrected chi connectivity index (χ1v) is 8.75. The second-order valence-corrected chi connectivity index (χ2v) is 6.91. The lowest BCUT2D eigenvalue weighted by Crippen LogP contribution is -2.49. The SMILES string of the molecule is COc1ccc2c(c1)CCCN(CC(=O)NC1C(C)NNC1C)C2. The van der Waals surface area contributed by atoms with Crippen molar-refractivity contribution in [1.82, 2.24) is 21.1 Å². The Morgan fingerprint density at radius 1 is 1.29 bits per heavy atom. The molecule has 1 aromatic carbocycles. The van der Waals surface area contributed by atoms with Crippen molar-refractivity contribution in [3.05, 3.63) is 29.3 Å². The summed E-state index contributed by atoms with van der Waals surface area (Å²) < 4.78 is 5.32. The number of benzene rings is 1. The first kappa shape index (κ1) is 17.2. The molecule has 0 spiro atoms. The standard InChI is InChI=1S/C18H28N4O2/c1-12-18(13(2)21-20-12)19-17(23)11-22-8-4-5-14-9-16(24-3)7-6-15(14)10-22/h6-7,9,12-13,18,20-21H,4-5,8,10-11H2,1-3H3,(H,19,23). The number of hydrogen-bond donors (Lipinski definition) is 3. The maximum Gasteiger partial charge on any atom is 0.234 e. The Hall–Kier alpha value is -1.63. The van der Waals surface area contributed by atoms with Gasteiger partial charge in [-0.05, 0) is 56.5 Å². The average molecular weight is 332 g/mol. The van der Waals surface area contributed by atoms with Crippen LogP contribution in [0.3, 0.4) is 0 Å². The summed E-state index contributed by atoms with van der Waals surface area (Å²) in [5, 5.41) is 3.16. The fourth-order valence-corrected chi connectivity index (χ4v) is 3.62. The van der Waals surface area contributed by atoms with E-state index in [2.05, 4.69) is 47.0 Å². The van der Waals surface area contributed by atoms with Crippen molar-refractivity contribution in [3.8, 4) is 5.75 Å². The van der Waals surface area contributed by atoms with Crippen molar-refractivity contribution < 1.29 is 9.53 Å². The molecule has 2 atom stereocenters. The predicted octanol–water partition coefficient (Wildman–Crippen LogP) is 0.813. The molecule has 6 nitrogen and oxygen atoms in total. The number of rotatable bonds is 4. The van der Waals surface area contributed by atoms with Crippen LogP contribution in [0, 0.1) is 0 Å². The van der Waals surface area contributed by atoms with Gasteiger partial charge in [-0.2, -0.15) is 0 Å². The van der Waals surface area contributed by atoms with Gasteiger partial charge in [-0.1, -0.05) is 6.07 Å². The van der Waals surface area contributed by atoms with Crippen molar-refractivity contribution in [3.63, 3.8) is 0 Å². The normalized spacial score (nSPS) is 27.4. The molecule has 0 aromatic heterocycles. The molecule has 0 saturated carbocycles. The van der Waals surface area contributed by atoms with Crippen LogP contribution in [-0.2, 0) is 17.8 Å². The molecule has 132 valence electrons. The Balaban J connectivity index is 1.60. The molecular weight excluding hydrogens is 304 g/mol. The predicted molar refractivity (Wildman–Crippen MR) is 93.7 cm³/mol. The summed E-state index contributed by atoms with van der Waals surface area (Å²) in [6.45, 7) is 6.37. The maximum atomic E-state index is 12.5. The molecule has 1 amide bonds. The van der Waals surface area contributed by atoms with Gasteiger partial charge in [-0.3, -0.25) is 20.5 Å². The van der Waals surface area contributed by atoms with Gasteiger partial charge in [0.05, 0.1) is 19.7 Å². The average Bonchev–Trinajstić information content (AvgIpc) is 2.77. The quantitative estimate of drug-likeness (QED) is 0.762. The molecule has 3 rings (SSSR count). The third-order valence-corrected chi connectivity index (χ3v) is 5.04.